The molecule has 2 atom stereocenters. The number of benzene rings is 1. The van der Waals surface area contributed by atoms with Crippen LogP contribution in [-0.2, 0) is 10.3 Å². The van der Waals surface area contributed by atoms with E-state index in [0.29, 0.717) is 0 Å². The zero-order valence-corrected chi connectivity index (χ0v) is 10.2. The van der Waals surface area contributed by atoms with Gasteiger partial charge in [-0.05, 0) is 44.4 Å². The van der Waals surface area contributed by atoms with Crippen LogP contribution in [0.25, 0.3) is 0 Å². The first-order valence-corrected chi connectivity index (χ1v) is 5.22. The van der Waals surface area contributed by atoms with Gasteiger partial charge in [-0.3, -0.25) is 0 Å². The highest BCUT2D eigenvalue weighted by Crippen LogP contribution is 2.27. The van der Waals surface area contributed by atoms with E-state index in [-0.39, 0.29) is 6.10 Å². The number of hydrogen-bond acceptors (Lipinski definition) is 2. The van der Waals surface area contributed by atoms with Gasteiger partial charge in [0.1, 0.15) is 5.60 Å². The van der Waals surface area contributed by atoms with Gasteiger partial charge in [0, 0.05) is 7.11 Å². The van der Waals surface area contributed by atoms with E-state index in [1.807, 2.05) is 32.0 Å². The van der Waals surface area contributed by atoms with Crippen molar-refractivity contribution in [3.63, 3.8) is 0 Å². The predicted molar refractivity (Wildman–Crippen MR) is 62.0 cm³/mol. The fourth-order valence-electron chi connectivity index (χ4n) is 1.52. The molecule has 0 fully saturated rings. The fraction of sp³-hybridized carbons (Fsp3) is 0.538. The van der Waals surface area contributed by atoms with Crippen LogP contribution < -0.4 is 0 Å². The lowest BCUT2D eigenvalue weighted by Gasteiger charge is -2.30. The minimum Gasteiger partial charge on any atom is -0.383 e. The van der Waals surface area contributed by atoms with Gasteiger partial charge in [0.25, 0.3) is 0 Å². The maximum Gasteiger partial charge on any atom is 0.113 e. The van der Waals surface area contributed by atoms with E-state index < -0.39 is 5.60 Å². The molecule has 2 heteroatoms. The Labute approximate surface area is 91.9 Å². The highest BCUT2D eigenvalue weighted by atomic mass is 16.5. The molecule has 0 aliphatic rings. The van der Waals surface area contributed by atoms with E-state index in [1.54, 1.807) is 14.0 Å². The molecular weight excluding hydrogens is 188 g/mol. The van der Waals surface area contributed by atoms with Crippen LogP contribution in [0, 0.1) is 13.8 Å². The van der Waals surface area contributed by atoms with Crippen LogP contribution in [0.1, 0.15) is 30.5 Å². The molecule has 15 heavy (non-hydrogen) atoms. The van der Waals surface area contributed by atoms with Crippen molar-refractivity contribution in [1.82, 2.24) is 0 Å². The zero-order valence-electron chi connectivity index (χ0n) is 10.2. The lowest BCUT2D eigenvalue weighted by molar-refractivity contribution is -0.0772. The van der Waals surface area contributed by atoms with Crippen molar-refractivity contribution in [2.45, 2.75) is 39.4 Å². The summed E-state index contributed by atoms with van der Waals surface area (Å²) in [6.45, 7) is 7.76. The number of rotatable bonds is 3. The summed E-state index contributed by atoms with van der Waals surface area (Å²) in [7, 11) is 1.61. The van der Waals surface area contributed by atoms with Gasteiger partial charge in [0.15, 0.2) is 0 Å². The van der Waals surface area contributed by atoms with Crippen molar-refractivity contribution < 1.29 is 9.84 Å². The van der Waals surface area contributed by atoms with E-state index in [9.17, 15) is 5.11 Å². The lowest BCUT2D eigenvalue weighted by atomic mass is 9.89. The van der Waals surface area contributed by atoms with Crippen LogP contribution in [0.4, 0.5) is 0 Å². The van der Waals surface area contributed by atoms with Crippen molar-refractivity contribution in [3.8, 4) is 0 Å². The Morgan fingerprint density at radius 3 is 2.33 bits per heavy atom. The highest BCUT2D eigenvalue weighted by molar-refractivity contribution is 5.33. The van der Waals surface area contributed by atoms with Gasteiger partial charge < -0.3 is 9.84 Å². The van der Waals surface area contributed by atoms with Gasteiger partial charge in [-0.2, -0.15) is 0 Å². The molecule has 1 rings (SSSR count). The molecule has 1 aromatic rings. The summed E-state index contributed by atoms with van der Waals surface area (Å²) >= 11 is 0. The van der Waals surface area contributed by atoms with Crippen molar-refractivity contribution in [2.24, 2.45) is 0 Å². The van der Waals surface area contributed by atoms with E-state index >= 15 is 0 Å². The molecule has 0 amide bonds. The Morgan fingerprint density at radius 1 is 1.27 bits per heavy atom. The van der Waals surface area contributed by atoms with E-state index in [2.05, 4.69) is 6.92 Å². The second-order valence-corrected chi connectivity index (χ2v) is 4.32. The maximum atomic E-state index is 10.3. The smallest absolute Gasteiger partial charge is 0.113 e. The molecule has 0 spiro atoms. The Balaban J connectivity index is 3.10. The fourth-order valence-corrected chi connectivity index (χ4v) is 1.52. The van der Waals surface area contributed by atoms with E-state index in [0.717, 1.165) is 5.56 Å². The van der Waals surface area contributed by atoms with Crippen molar-refractivity contribution in [1.29, 1.82) is 0 Å². The van der Waals surface area contributed by atoms with Gasteiger partial charge in [-0.25, -0.2) is 0 Å². The standard InChI is InChI=1S/C13H20O2/c1-9-6-7-12(8-10(9)2)13(4,14)11(3)15-5/h6-8,11,14H,1-5H3. The van der Waals surface area contributed by atoms with Gasteiger partial charge in [0.05, 0.1) is 6.10 Å². The predicted octanol–water partition coefficient (Wildman–Crippen LogP) is 2.55. The molecule has 0 aliphatic carbocycles. The van der Waals surface area contributed by atoms with Gasteiger partial charge in [-0.15, -0.1) is 0 Å². The first-order valence-electron chi connectivity index (χ1n) is 5.22. The first-order chi connectivity index (χ1) is 6.89. The highest BCUT2D eigenvalue weighted by Gasteiger charge is 2.30. The molecule has 2 nitrogen and oxygen atoms in total. The van der Waals surface area contributed by atoms with Crippen LogP contribution in [0.2, 0.25) is 0 Å². The number of aryl methyl sites for hydroxylation is 2. The van der Waals surface area contributed by atoms with Crippen LogP contribution in [-0.4, -0.2) is 18.3 Å². The molecule has 1 aromatic carbocycles. The summed E-state index contributed by atoms with van der Waals surface area (Å²) < 4.78 is 5.19. The van der Waals surface area contributed by atoms with Gasteiger partial charge in [0.2, 0.25) is 0 Å². The van der Waals surface area contributed by atoms with Crippen LogP contribution in [0.3, 0.4) is 0 Å². The van der Waals surface area contributed by atoms with Crippen molar-refractivity contribution >= 4 is 0 Å². The summed E-state index contributed by atoms with van der Waals surface area (Å²) in [5, 5.41) is 10.3. The van der Waals surface area contributed by atoms with Gasteiger partial charge >= 0.3 is 0 Å². The van der Waals surface area contributed by atoms with Crippen LogP contribution >= 0.6 is 0 Å². The van der Waals surface area contributed by atoms with Crippen molar-refractivity contribution in [3.05, 3.63) is 34.9 Å². The third-order valence-electron chi connectivity index (χ3n) is 3.24. The summed E-state index contributed by atoms with van der Waals surface area (Å²) in [5.41, 5.74) is 2.39. The average Bonchev–Trinajstić information content (AvgIpc) is 2.20. The number of methoxy groups -OCH3 is 1. The second kappa shape index (κ2) is 4.33. The Hall–Kier alpha value is -0.860. The Bertz CT molecular complexity index is 342. The summed E-state index contributed by atoms with van der Waals surface area (Å²) in [4.78, 5) is 0. The van der Waals surface area contributed by atoms with E-state index in [1.165, 1.54) is 11.1 Å². The molecule has 84 valence electrons. The number of aliphatic hydroxyl groups is 1. The number of ether oxygens (including phenoxy) is 1. The number of hydrogen-bond donors (Lipinski definition) is 1. The van der Waals surface area contributed by atoms with Crippen molar-refractivity contribution in [2.75, 3.05) is 7.11 Å². The largest absolute Gasteiger partial charge is 0.383 e. The Morgan fingerprint density at radius 2 is 1.87 bits per heavy atom. The topological polar surface area (TPSA) is 29.5 Å². The summed E-state index contributed by atoms with van der Waals surface area (Å²) in [5.74, 6) is 0. The molecule has 0 aromatic heterocycles. The lowest BCUT2D eigenvalue weighted by Crippen LogP contribution is -2.35. The van der Waals surface area contributed by atoms with Crippen LogP contribution in [0.5, 0.6) is 0 Å². The molecule has 0 saturated heterocycles. The summed E-state index contributed by atoms with van der Waals surface area (Å²) in [6, 6.07) is 6.00. The van der Waals surface area contributed by atoms with Gasteiger partial charge in [-0.1, -0.05) is 18.2 Å². The minimum absolute atomic E-state index is 0.223. The monoisotopic (exact) mass is 208 g/mol. The maximum absolute atomic E-state index is 10.3. The first kappa shape index (κ1) is 12.2. The summed E-state index contributed by atoms with van der Waals surface area (Å²) in [6.07, 6.45) is -0.223. The normalized spacial score (nSPS) is 17.2. The SMILES string of the molecule is COC(C)C(C)(O)c1ccc(C)c(C)c1. The van der Waals surface area contributed by atoms with Crippen LogP contribution in [0.15, 0.2) is 18.2 Å². The molecule has 0 aliphatic heterocycles. The molecule has 0 heterocycles. The average molecular weight is 208 g/mol. The zero-order chi connectivity index (χ0) is 11.6. The quantitative estimate of drug-likeness (QED) is 0.827. The molecule has 0 radical (unpaired) electrons. The molecular formula is C13H20O2. The third kappa shape index (κ3) is 2.39. The minimum atomic E-state index is -0.937. The second-order valence-electron chi connectivity index (χ2n) is 4.32. The molecule has 1 N–H and O–H groups in total. The molecule has 0 saturated carbocycles. The molecule has 2 unspecified atom stereocenters. The molecule has 0 bridgehead atoms. The Kier molecular flexibility index (Phi) is 3.53. The van der Waals surface area contributed by atoms with E-state index in [4.69, 9.17) is 4.74 Å². The third-order valence-corrected chi connectivity index (χ3v) is 3.24.